The van der Waals surface area contributed by atoms with Gasteiger partial charge in [0.15, 0.2) is 0 Å². The van der Waals surface area contributed by atoms with Crippen LogP contribution < -0.4 is 5.32 Å². The maximum atomic E-state index is 11.6. The van der Waals surface area contributed by atoms with Gasteiger partial charge in [-0.05, 0) is 25.4 Å². The maximum Gasteiger partial charge on any atom is 0.322 e. The van der Waals surface area contributed by atoms with E-state index in [-0.39, 0.29) is 12.0 Å². The number of nitrogens with zero attached hydrogens (tertiary/aromatic N) is 1. The van der Waals surface area contributed by atoms with Crippen LogP contribution in [0.15, 0.2) is 0 Å². The average molecular weight is 244 g/mol. The number of ether oxygens (including phenoxy) is 1. The van der Waals surface area contributed by atoms with E-state index in [2.05, 4.69) is 37.9 Å². The number of hydrogen-bond donors (Lipinski definition) is 1. The molecule has 0 aromatic carbocycles. The zero-order chi connectivity index (χ0) is 13.3. The molecule has 0 saturated heterocycles. The minimum atomic E-state index is -0.171. The van der Waals surface area contributed by atoms with Gasteiger partial charge in [0.2, 0.25) is 0 Å². The summed E-state index contributed by atoms with van der Waals surface area (Å²) >= 11 is 0. The van der Waals surface area contributed by atoms with Crippen LogP contribution in [0.2, 0.25) is 0 Å². The first-order chi connectivity index (χ1) is 8.04. The molecule has 0 spiro atoms. The van der Waals surface area contributed by atoms with Crippen LogP contribution >= 0.6 is 0 Å². The summed E-state index contributed by atoms with van der Waals surface area (Å²) in [5, 5.41) is 3.28. The molecule has 0 bridgehead atoms. The molecule has 4 nitrogen and oxygen atoms in total. The van der Waals surface area contributed by atoms with E-state index >= 15 is 0 Å². The van der Waals surface area contributed by atoms with E-state index in [1.807, 2.05) is 0 Å². The first-order valence-electron chi connectivity index (χ1n) is 6.58. The molecule has 0 aliphatic carbocycles. The number of methoxy groups -OCH3 is 1. The quantitative estimate of drug-likeness (QED) is 0.624. The summed E-state index contributed by atoms with van der Waals surface area (Å²) in [5.41, 5.74) is 0. The van der Waals surface area contributed by atoms with Crippen molar-refractivity contribution in [2.45, 2.75) is 40.2 Å². The fourth-order valence-corrected chi connectivity index (χ4v) is 1.81. The van der Waals surface area contributed by atoms with Crippen LogP contribution in [-0.2, 0) is 9.53 Å². The topological polar surface area (TPSA) is 41.6 Å². The minimum absolute atomic E-state index is 0.154. The van der Waals surface area contributed by atoms with Crippen molar-refractivity contribution in [2.75, 3.05) is 33.3 Å². The Balaban J connectivity index is 4.03. The average Bonchev–Trinajstić information content (AvgIpc) is 2.31. The molecule has 1 N–H and O–H groups in total. The van der Waals surface area contributed by atoms with E-state index in [1.165, 1.54) is 7.11 Å². The third-order valence-electron chi connectivity index (χ3n) is 2.91. The van der Waals surface area contributed by atoms with Crippen molar-refractivity contribution in [3.8, 4) is 0 Å². The second-order valence-corrected chi connectivity index (χ2v) is 4.69. The van der Waals surface area contributed by atoms with Crippen LogP contribution in [-0.4, -0.2) is 50.2 Å². The van der Waals surface area contributed by atoms with Gasteiger partial charge < -0.3 is 15.0 Å². The number of esters is 1. The predicted octanol–water partition coefficient (Wildman–Crippen LogP) is 1.51. The van der Waals surface area contributed by atoms with E-state index in [9.17, 15) is 4.79 Å². The molecule has 0 rings (SSSR count). The normalized spacial score (nSPS) is 13.1. The lowest BCUT2D eigenvalue weighted by atomic mass is 10.0. The van der Waals surface area contributed by atoms with Crippen molar-refractivity contribution < 1.29 is 9.53 Å². The number of carbonyl (C=O) groups is 1. The predicted molar refractivity (Wildman–Crippen MR) is 71.0 cm³/mol. The van der Waals surface area contributed by atoms with E-state index in [1.54, 1.807) is 0 Å². The van der Waals surface area contributed by atoms with Gasteiger partial charge in [0, 0.05) is 13.1 Å². The third kappa shape index (κ3) is 7.34. The summed E-state index contributed by atoms with van der Waals surface area (Å²) in [6.45, 7) is 12.4. The van der Waals surface area contributed by atoms with E-state index in [0.29, 0.717) is 5.92 Å². The molecular formula is C13H28N2O2. The second-order valence-electron chi connectivity index (χ2n) is 4.69. The second kappa shape index (κ2) is 9.42. The van der Waals surface area contributed by atoms with Crippen molar-refractivity contribution in [1.29, 1.82) is 0 Å². The number of carbonyl (C=O) groups excluding carboxylic acids is 1. The fraction of sp³-hybridized carbons (Fsp3) is 0.923. The summed E-state index contributed by atoms with van der Waals surface area (Å²) < 4.78 is 4.81. The van der Waals surface area contributed by atoms with Crippen LogP contribution in [0.1, 0.15) is 34.1 Å². The summed E-state index contributed by atoms with van der Waals surface area (Å²) in [7, 11) is 1.45. The highest BCUT2D eigenvalue weighted by molar-refractivity contribution is 5.75. The Labute approximate surface area is 106 Å². The van der Waals surface area contributed by atoms with Crippen molar-refractivity contribution in [1.82, 2.24) is 10.2 Å². The van der Waals surface area contributed by atoms with Gasteiger partial charge in [-0.2, -0.15) is 0 Å². The van der Waals surface area contributed by atoms with Crippen LogP contribution in [0, 0.1) is 5.92 Å². The van der Waals surface area contributed by atoms with Gasteiger partial charge in [-0.15, -0.1) is 0 Å². The SMILES string of the molecule is CCN(CC)CCNC(CC(C)C)C(=O)OC. The summed E-state index contributed by atoms with van der Waals surface area (Å²) in [6, 6.07) is -0.171. The van der Waals surface area contributed by atoms with Gasteiger partial charge in [-0.1, -0.05) is 27.7 Å². The first kappa shape index (κ1) is 16.4. The Morgan fingerprint density at radius 3 is 2.29 bits per heavy atom. The Bertz CT molecular complexity index is 204. The molecule has 0 heterocycles. The highest BCUT2D eigenvalue weighted by Crippen LogP contribution is 2.05. The largest absolute Gasteiger partial charge is 0.468 e. The number of rotatable bonds is 9. The Morgan fingerprint density at radius 1 is 1.29 bits per heavy atom. The monoisotopic (exact) mass is 244 g/mol. The van der Waals surface area contributed by atoms with Crippen molar-refractivity contribution in [3.05, 3.63) is 0 Å². The van der Waals surface area contributed by atoms with E-state index in [0.717, 1.165) is 32.6 Å². The summed E-state index contributed by atoms with van der Waals surface area (Å²) in [6.07, 6.45) is 0.824. The molecule has 0 aliphatic rings. The Hall–Kier alpha value is -0.610. The maximum absolute atomic E-state index is 11.6. The molecule has 0 radical (unpaired) electrons. The molecule has 4 heteroatoms. The van der Waals surface area contributed by atoms with Crippen LogP contribution in [0.25, 0.3) is 0 Å². The van der Waals surface area contributed by atoms with Crippen LogP contribution in [0.3, 0.4) is 0 Å². The zero-order valence-electron chi connectivity index (χ0n) is 12.0. The van der Waals surface area contributed by atoms with Crippen molar-refractivity contribution in [2.24, 2.45) is 5.92 Å². The molecule has 102 valence electrons. The number of likely N-dealkylation sites (N-methyl/N-ethyl adjacent to an activating group) is 1. The lowest BCUT2D eigenvalue weighted by Gasteiger charge is -2.22. The molecule has 0 fully saturated rings. The minimum Gasteiger partial charge on any atom is -0.468 e. The Morgan fingerprint density at radius 2 is 1.88 bits per heavy atom. The molecule has 0 aromatic rings. The van der Waals surface area contributed by atoms with Crippen LogP contribution in [0.4, 0.5) is 0 Å². The lowest BCUT2D eigenvalue weighted by Crippen LogP contribution is -2.42. The van der Waals surface area contributed by atoms with Gasteiger partial charge in [-0.3, -0.25) is 4.79 Å². The van der Waals surface area contributed by atoms with E-state index in [4.69, 9.17) is 4.74 Å². The first-order valence-corrected chi connectivity index (χ1v) is 6.58. The van der Waals surface area contributed by atoms with Crippen LogP contribution in [0.5, 0.6) is 0 Å². The molecular weight excluding hydrogens is 216 g/mol. The molecule has 1 unspecified atom stereocenters. The standard InChI is InChI=1S/C13H28N2O2/c1-6-15(7-2)9-8-14-12(10-11(3)4)13(16)17-5/h11-12,14H,6-10H2,1-5H3. The molecule has 0 saturated carbocycles. The Kier molecular flexibility index (Phi) is 9.09. The van der Waals surface area contributed by atoms with Crippen molar-refractivity contribution >= 4 is 5.97 Å². The zero-order valence-corrected chi connectivity index (χ0v) is 12.0. The molecule has 17 heavy (non-hydrogen) atoms. The van der Waals surface area contributed by atoms with Gasteiger partial charge in [0.1, 0.15) is 6.04 Å². The highest BCUT2D eigenvalue weighted by atomic mass is 16.5. The molecule has 1 atom stereocenters. The van der Waals surface area contributed by atoms with Gasteiger partial charge >= 0.3 is 5.97 Å². The number of hydrogen-bond acceptors (Lipinski definition) is 4. The molecule has 0 aliphatic heterocycles. The van der Waals surface area contributed by atoms with E-state index < -0.39 is 0 Å². The summed E-state index contributed by atoms with van der Waals surface area (Å²) in [5.74, 6) is 0.332. The highest BCUT2D eigenvalue weighted by Gasteiger charge is 2.19. The smallest absolute Gasteiger partial charge is 0.322 e. The van der Waals surface area contributed by atoms with Gasteiger partial charge in [0.25, 0.3) is 0 Å². The fourth-order valence-electron chi connectivity index (χ4n) is 1.81. The van der Waals surface area contributed by atoms with Crippen molar-refractivity contribution in [3.63, 3.8) is 0 Å². The van der Waals surface area contributed by atoms with Gasteiger partial charge in [0.05, 0.1) is 7.11 Å². The molecule has 0 amide bonds. The third-order valence-corrected chi connectivity index (χ3v) is 2.91. The number of nitrogens with one attached hydrogen (secondary N) is 1. The summed E-state index contributed by atoms with van der Waals surface area (Å²) in [4.78, 5) is 13.9. The lowest BCUT2D eigenvalue weighted by molar-refractivity contribution is -0.143. The van der Waals surface area contributed by atoms with Gasteiger partial charge in [-0.25, -0.2) is 0 Å². The molecule has 0 aromatic heterocycles.